The summed E-state index contributed by atoms with van der Waals surface area (Å²) in [6.07, 6.45) is 2.75. The van der Waals surface area contributed by atoms with E-state index in [2.05, 4.69) is 29.4 Å². The lowest BCUT2D eigenvalue weighted by Gasteiger charge is -2.14. The fourth-order valence-electron chi connectivity index (χ4n) is 1.66. The highest BCUT2D eigenvalue weighted by Gasteiger charge is 2.06. The number of hydrazine groups is 1. The highest BCUT2D eigenvalue weighted by Crippen LogP contribution is 2.13. The molecule has 0 aliphatic carbocycles. The summed E-state index contributed by atoms with van der Waals surface area (Å²) < 4.78 is 5.12. The predicted octanol–water partition coefficient (Wildman–Crippen LogP) is 1.87. The van der Waals surface area contributed by atoms with Crippen LogP contribution in [0.4, 0.5) is 0 Å². The lowest BCUT2D eigenvalue weighted by Crippen LogP contribution is -2.36. The van der Waals surface area contributed by atoms with Crippen LogP contribution in [-0.2, 0) is 6.42 Å². The maximum absolute atomic E-state index is 5.54. The molecule has 0 aromatic heterocycles. The zero-order valence-electron chi connectivity index (χ0n) is 10.5. The van der Waals surface area contributed by atoms with Gasteiger partial charge in [-0.05, 0) is 37.5 Å². The Morgan fingerprint density at radius 1 is 1.35 bits per heavy atom. The van der Waals surface area contributed by atoms with E-state index in [-0.39, 0.29) is 6.04 Å². The van der Waals surface area contributed by atoms with Crippen molar-refractivity contribution in [1.29, 1.82) is 0 Å². The van der Waals surface area contributed by atoms with E-state index in [1.54, 1.807) is 7.11 Å². The van der Waals surface area contributed by atoms with E-state index in [1.807, 2.05) is 19.1 Å². The van der Waals surface area contributed by atoms with Crippen LogP contribution < -0.4 is 16.0 Å². The number of hydrogen-bond donors (Lipinski definition) is 2. The molecular weight excluding hydrogens is 212 g/mol. The Kier molecular flexibility index (Phi) is 6.16. The molecule has 0 amide bonds. The second-order valence-electron chi connectivity index (χ2n) is 3.88. The van der Waals surface area contributed by atoms with Gasteiger partial charge in [0.2, 0.25) is 0 Å². The third kappa shape index (κ3) is 4.90. The van der Waals surface area contributed by atoms with Crippen LogP contribution in [0.1, 0.15) is 25.3 Å². The van der Waals surface area contributed by atoms with Crippen LogP contribution in [0.2, 0.25) is 0 Å². The van der Waals surface area contributed by atoms with Gasteiger partial charge in [0.25, 0.3) is 0 Å². The van der Waals surface area contributed by atoms with Gasteiger partial charge in [-0.15, -0.1) is 11.8 Å². The van der Waals surface area contributed by atoms with Gasteiger partial charge in [0.15, 0.2) is 0 Å². The summed E-state index contributed by atoms with van der Waals surface area (Å²) in [6.45, 7) is 1.86. The van der Waals surface area contributed by atoms with Crippen molar-refractivity contribution >= 4 is 0 Å². The van der Waals surface area contributed by atoms with Crippen LogP contribution in [-0.4, -0.2) is 13.2 Å². The summed E-state index contributed by atoms with van der Waals surface area (Å²) in [6, 6.07) is 8.33. The fraction of sp³-hybridized carbons (Fsp3) is 0.429. The van der Waals surface area contributed by atoms with Gasteiger partial charge in [0, 0.05) is 12.5 Å². The average molecular weight is 232 g/mol. The van der Waals surface area contributed by atoms with Crippen molar-refractivity contribution in [1.82, 2.24) is 5.43 Å². The van der Waals surface area contributed by atoms with Gasteiger partial charge in [-0.3, -0.25) is 11.3 Å². The Morgan fingerprint density at radius 2 is 2.06 bits per heavy atom. The highest BCUT2D eigenvalue weighted by molar-refractivity contribution is 5.27. The maximum atomic E-state index is 5.54. The van der Waals surface area contributed by atoms with Gasteiger partial charge < -0.3 is 4.74 Å². The van der Waals surface area contributed by atoms with Crippen LogP contribution in [0.15, 0.2) is 24.3 Å². The number of hydrogen-bond acceptors (Lipinski definition) is 3. The summed E-state index contributed by atoms with van der Waals surface area (Å²) in [4.78, 5) is 0. The minimum Gasteiger partial charge on any atom is -0.497 e. The zero-order chi connectivity index (χ0) is 12.5. The monoisotopic (exact) mass is 232 g/mol. The summed E-state index contributed by atoms with van der Waals surface area (Å²) in [5.41, 5.74) is 4.09. The average Bonchev–Trinajstić information content (AvgIpc) is 2.38. The van der Waals surface area contributed by atoms with E-state index in [0.29, 0.717) is 0 Å². The molecule has 0 radical (unpaired) electrons. The van der Waals surface area contributed by atoms with Crippen LogP contribution in [0.5, 0.6) is 5.75 Å². The molecule has 0 saturated heterocycles. The lowest BCUT2D eigenvalue weighted by atomic mass is 10.0. The molecule has 0 aliphatic rings. The van der Waals surface area contributed by atoms with Gasteiger partial charge in [0.05, 0.1) is 7.11 Å². The molecule has 0 saturated carbocycles. The van der Waals surface area contributed by atoms with Crippen LogP contribution in [0.25, 0.3) is 0 Å². The molecule has 3 nitrogen and oxygen atoms in total. The fourth-order valence-corrected chi connectivity index (χ4v) is 1.66. The first-order valence-corrected chi connectivity index (χ1v) is 5.78. The van der Waals surface area contributed by atoms with Gasteiger partial charge >= 0.3 is 0 Å². The van der Waals surface area contributed by atoms with Crippen LogP contribution >= 0.6 is 0 Å². The molecule has 1 aromatic carbocycles. The van der Waals surface area contributed by atoms with Gasteiger partial charge in [0.1, 0.15) is 5.75 Å². The molecule has 0 heterocycles. The Bertz CT molecular complexity index is 375. The molecule has 1 atom stereocenters. The molecule has 17 heavy (non-hydrogen) atoms. The van der Waals surface area contributed by atoms with E-state index in [9.17, 15) is 0 Å². The van der Waals surface area contributed by atoms with Crippen molar-refractivity contribution in [3.8, 4) is 17.6 Å². The third-order valence-electron chi connectivity index (χ3n) is 2.67. The molecule has 0 aliphatic heterocycles. The smallest absolute Gasteiger partial charge is 0.118 e. The van der Waals surface area contributed by atoms with Crippen molar-refractivity contribution in [2.24, 2.45) is 5.84 Å². The van der Waals surface area contributed by atoms with E-state index in [1.165, 1.54) is 5.56 Å². The van der Waals surface area contributed by atoms with Gasteiger partial charge in [-0.1, -0.05) is 12.1 Å². The number of benzene rings is 1. The van der Waals surface area contributed by atoms with Crippen molar-refractivity contribution in [3.05, 3.63) is 29.8 Å². The van der Waals surface area contributed by atoms with Crippen molar-refractivity contribution in [3.63, 3.8) is 0 Å². The predicted molar refractivity (Wildman–Crippen MR) is 70.5 cm³/mol. The number of nitrogens with one attached hydrogen (secondary N) is 1. The number of nitrogens with two attached hydrogens (primary N) is 1. The summed E-state index contributed by atoms with van der Waals surface area (Å²) in [5.74, 6) is 12.4. The Morgan fingerprint density at radius 3 is 2.59 bits per heavy atom. The molecule has 0 bridgehead atoms. The van der Waals surface area contributed by atoms with Crippen molar-refractivity contribution in [2.75, 3.05) is 7.11 Å². The molecule has 3 N–H and O–H groups in total. The Labute approximate surface area is 103 Å². The van der Waals surface area contributed by atoms with E-state index in [0.717, 1.165) is 25.0 Å². The third-order valence-corrected chi connectivity index (χ3v) is 2.67. The number of ether oxygens (including phenoxy) is 1. The van der Waals surface area contributed by atoms with E-state index in [4.69, 9.17) is 10.6 Å². The molecule has 92 valence electrons. The van der Waals surface area contributed by atoms with E-state index < -0.39 is 0 Å². The van der Waals surface area contributed by atoms with Crippen LogP contribution in [0, 0.1) is 11.8 Å². The first-order chi connectivity index (χ1) is 8.30. The normalized spacial score (nSPS) is 11.5. The first kappa shape index (κ1) is 13.6. The zero-order valence-corrected chi connectivity index (χ0v) is 10.5. The maximum Gasteiger partial charge on any atom is 0.118 e. The Balaban J connectivity index is 2.50. The van der Waals surface area contributed by atoms with E-state index >= 15 is 0 Å². The molecular formula is C14H20N2O. The SMILES string of the molecule is CC#CCCC(Cc1ccc(OC)cc1)NN. The van der Waals surface area contributed by atoms with Gasteiger partial charge in [-0.25, -0.2) is 0 Å². The summed E-state index contributed by atoms with van der Waals surface area (Å²) in [7, 11) is 1.67. The lowest BCUT2D eigenvalue weighted by molar-refractivity contribution is 0.414. The van der Waals surface area contributed by atoms with Crippen LogP contribution in [0.3, 0.4) is 0 Å². The summed E-state index contributed by atoms with van der Waals surface area (Å²) >= 11 is 0. The highest BCUT2D eigenvalue weighted by atomic mass is 16.5. The molecule has 3 heteroatoms. The minimum atomic E-state index is 0.268. The largest absolute Gasteiger partial charge is 0.497 e. The van der Waals surface area contributed by atoms with Crippen molar-refractivity contribution < 1.29 is 4.74 Å². The molecule has 1 unspecified atom stereocenters. The van der Waals surface area contributed by atoms with Gasteiger partial charge in [-0.2, -0.15) is 0 Å². The quantitative estimate of drug-likeness (QED) is 0.447. The molecule has 0 fully saturated rings. The number of methoxy groups -OCH3 is 1. The second-order valence-corrected chi connectivity index (χ2v) is 3.88. The summed E-state index contributed by atoms with van der Waals surface area (Å²) in [5, 5.41) is 0. The first-order valence-electron chi connectivity index (χ1n) is 5.78. The Hall–Kier alpha value is -1.50. The molecule has 1 rings (SSSR count). The second kappa shape index (κ2) is 7.72. The van der Waals surface area contributed by atoms with Crippen molar-refractivity contribution in [2.45, 2.75) is 32.2 Å². The molecule has 0 spiro atoms. The minimum absolute atomic E-state index is 0.268. The number of rotatable bonds is 6. The standard InChI is InChI=1S/C14H20N2O/c1-3-4-5-6-13(16-15)11-12-7-9-14(17-2)10-8-12/h7-10,13,16H,5-6,11,15H2,1-2H3. The molecule has 1 aromatic rings. The topological polar surface area (TPSA) is 47.3 Å².